The van der Waals surface area contributed by atoms with Crippen molar-refractivity contribution in [3.63, 3.8) is 0 Å². The van der Waals surface area contributed by atoms with Gasteiger partial charge in [-0.1, -0.05) is 12.1 Å². The first kappa shape index (κ1) is 17.7. The molecule has 1 saturated heterocycles. The maximum atomic E-state index is 13.9. The number of anilines is 1. The predicted molar refractivity (Wildman–Crippen MR) is 102 cm³/mol. The summed E-state index contributed by atoms with van der Waals surface area (Å²) in [6, 6.07) is 6.96. The van der Waals surface area contributed by atoms with E-state index in [0.29, 0.717) is 5.69 Å². The van der Waals surface area contributed by atoms with Crippen LogP contribution in [0.15, 0.2) is 29.3 Å². The molecule has 7 heteroatoms. The van der Waals surface area contributed by atoms with Gasteiger partial charge >= 0.3 is 0 Å². The Balaban J connectivity index is 1.57. The lowest BCUT2D eigenvalue weighted by Crippen LogP contribution is -2.52. The Morgan fingerprint density at radius 3 is 2.56 bits per heavy atom. The van der Waals surface area contributed by atoms with Crippen LogP contribution in [0.5, 0.6) is 0 Å². The van der Waals surface area contributed by atoms with E-state index in [1.54, 1.807) is 24.5 Å². The molecule has 1 aromatic heterocycles. The number of aromatic nitrogens is 1. The second-order valence-electron chi connectivity index (χ2n) is 6.07. The summed E-state index contributed by atoms with van der Waals surface area (Å²) in [5, 5.41) is 4.52. The van der Waals surface area contributed by atoms with Crippen molar-refractivity contribution in [2.45, 2.75) is 20.4 Å². The quantitative estimate of drug-likeness (QED) is 0.674. The second-order valence-corrected chi connectivity index (χ2v) is 7.36. The van der Waals surface area contributed by atoms with Gasteiger partial charge in [-0.05, 0) is 26.0 Å². The van der Waals surface area contributed by atoms with E-state index in [9.17, 15) is 4.39 Å². The third-order valence-electron chi connectivity index (χ3n) is 4.39. The Labute approximate surface area is 152 Å². The molecule has 0 saturated carbocycles. The number of piperazine rings is 1. The molecule has 0 aliphatic carbocycles. The molecule has 0 radical (unpaired) electrons. The van der Waals surface area contributed by atoms with Gasteiger partial charge in [-0.3, -0.25) is 4.99 Å². The van der Waals surface area contributed by atoms with E-state index in [1.807, 2.05) is 26.0 Å². The fourth-order valence-electron chi connectivity index (χ4n) is 3.10. The van der Waals surface area contributed by atoms with Gasteiger partial charge in [0, 0.05) is 38.1 Å². The van der Waals surface area contributed by atoms with E-state index in [4.69, 9.17) is 0 Å². The van der Waals surface area contributed by atoms with Crippen molar-refractivity contribution in [2.24, 2.45) is 4.99 Å². The Morgan fingerprint density at radius 2 is 1.96 bits per heavy atom. The van der Waals surface area contributed by atoms with Crippen molar-refractivity contribution in [3.05, 3.63) is 45.7 Å². The SMILES string of the molecule is CN=C(NCc1sc(C)nc1C)N1CCN(c2ccccc2F)CC1. The number of rotatable bonds is 3. The number of hydrogen-bond acceptors (Lipinski definition) is 4. The molecule has 1 fully saturated rings. The molecule has 25 heavy (non-hydrogen) atoms. The van der Waals surface area contributed by atoms with Crippen molar-refractivity contribution >= 4 is 23.0 Å². The van der Waals surface area contributed by atoms with Crippen LogP contribution in [0.25, 0.3) is 0 Å². The lowest BCUT2D eigenvalue weighted by Gasteiger charge is -2.37. The Hall–Kier alpha value is -2.15. The van der Waals surface area contributed by atoms with Gasteiger partial charge in [-0.15, -0.1) is 11.3 Å². The van der Waals surface area contributed by atoms with Crippen LogP contribution < -0.4 is 10.2 Å². The molecule has 1 N–H and O–H groups in total. The third-order valence-corrected chi connectivity index (χ3v) is 5.46. The monoisotopic (exact) mass is 361 g/mol. The zero-order valence-corrected chi connectivity index (χ0v) is 15.7. The van der Waals surface area contributed by atoms with Crippen LogP contribution in [0.3, 0.4) is 0 Å². The number of para-hydroxylation sites is 1. The first-order chi connectivity index (χ1) is 12.1. The molecule has 3 rings (SSSR count). The smallest absolute Gasteiger partial charge is 0.194 e. The van der Waals surface area contributed by atoms with Crippen molar-refractivity contribution < 1.29 is 4.39 Å². The number of hydrogen-bond donors (Lipinski definition) is 1. The number of benzene rings is 1. The standard InChI is InChI=1S/C18H24FN5S/c1-13-17(25-14(2)22-13)12-21-18(20-3)24-10-8-23(9-11-24)16-7-5-4-6-15(16)19/h4-7H,8-12H2,1-3H3,(H,20,21). The number of aryl methyl sites for hydroxylation is 2. The molecule has 5 nitrogen and oxygen atoms in total. The molecule has 2 aromatic rings. The van der Waals surface area contributed by atoms with Crippen LogP contribution in [0.4, 0.5) is 10.1 Å². The number of nitrogens with one attached hydrogen (secondary N) is 1. The van der Waals surface area contributed by atoms with Crippen LogP contribution in [0.2, 0.25) is 0 Å². The summed E-state index contributed by atoms with van der Waals surface area (Å²) >= 11 is 1.72. The molecule has 0 unspecified atom stereocenters. The van der Waals surface area contributed by atoms with Crippen LogP contribution >= 0.6 is 11.3 Å². The van der Waals surface area contributed by atoms with E-state index < -0.39 is 0 Å². The first-order valence-electron chi connectivity index (χ1n) is 8.46. The van der Waals surface area contributed by atoms with E-state index in [0.717, 1.165) is 49.4 Å². The van der Waals surface area contributed by atoms with Crippen LogP contribution in [0.1, 0.15) is 15.6 Å². The van der Waals surface area contributed by atoms with Gasteiger partial charge in [0.05, 0.1) is 22.9 Å². The molecule has 0 amide bonds. The van der Waals surface area contributed by atoms with Gasteiger partial charge in [-0.25, -0.2) is 9.37 Å². The minimum Gasteiger partial charge on any atom is -0.366 e. The molecule has 0 spiro atoms. The van der Waals surface area contributed by atoms with Crippen LogP contribution in [-0.2, 0) is 6.54 Å². The first-order valence-corrected chi connectivity index (χ1v) is 9.28. The fraction of sp³-hybridized carbons (Fsp3) is 0.444. The lowest BCUT2D eigenvalue weighted by atomic mass is 10.2. The average Bonchev–Trinajstić information content (AvgIpc) is 2.94. The van der Waals surface area contributed by atoms with Gasteiger partial charge in [0.25, 0.3) is 0 Å². The molecule has 0 atom stereocenters. The van der Waals surface area contributed by atoms with Gasteiger partial charge in [0.15, 0.2) is 5.96 Å². The summed E-state index contributed by atoms with van der Waals surface area (Å²) in [6.45, 7) is 7.98. The zero-order valence-electron chi connectivity index (χ0n) is 14.9. The molecule has 0 bridgehead atoms. The van der Waals surface area contributed by atoms with Gasteiger partial charge in [-0.2, -0.15) is 0 Å². The Bertz CT molecular complexity index is 750. The molecular weight excluding hydrogens is 337 g/mol. The molecule has 134 valence electrons. The highest BCUT2D eigenvalue weighted by Crippen LogP contribution is 2.20. The second kappa shape index (κ2) is 7.82. The number of nitrogens with zero attached hydrogens (tertiary/aromatic N) is 4. The minimum absolute atomic E-state index is 0.158. The zero-order chi connectivity index (χ0) is 17.8. The summed E-state index contributed by atoms with van der Waals surface area (Å²) in [6.07, 6.45) is 0. The van der Waals surface area contributed by atoms with Crippen molar-refractivity contribution in [1.29, 1.82) is 0 Å². The predicted octanol–water partition coefficient (Wildman–Crippen LogP) is 2.80. The van der Waals surface area contributed by atoms with Crippen molar-refractivity contribution in [1.82, 2.24) is 15.2 Å². The lowest BCUT2D eigenvalue weighted by molar-refractivity contribution is 0.370. The minimum atomic E-state index is -0.158. The highest BCUT2D eigenvalue weighted by molar-refractivity contribution is 7.11. The van der Waals surface area contributed by atoms with Gasteiger partial charge in [0.1, 0.15) is 5.82 Å². The summed E-state index contributed by atoms with van der Waals surface area (Å²) in [4.78, 5) is 14.4. The summed E-state index contributed by atoms with van der Waals surface area (Å²) in [7, 11) is 1.80. The molecule has 2 heterocycles. The van der Waals surface area contributed by atoms with E-state index in [-0.39, 0.29) is 5.82 Å². The normalized spacial score (nSPS) is 15.6. The average molecular weight is 361 g/mol. The topological polar surface area (TPSA) is 43.8 Å². The third kappa shape index (κ3) is 4.10. The number of guanidine groups is 1. The van der Waals surface area contributed by atoms with Crippen LogP contribution in [-0.4, -0.2) is 49.1 Å². The maximum absolute atomic E-state index is 13.9. The van der Waals surface area contributed by atoms with E-state index in [2.05, 4.69) is 25.1 Å². The van der Waals surface area contributed by atoms with Crippen LogP contribution in [0, 0.1) is 19.7 Å². The van der Waals surface area contributed by atoms with Gasteiger partial charge < -0.3 is 15.1 Å². The van der Waals surface area contributed by atoms with E-state index >= 15 is 0 Å². The number of halogens is 1. The number of thiazole rings is 1. The van der Waals surface area contributed by atoms with Gasteiger partial charge in [0.2, 0.25) is 0 Å². The molecule has 1 aliphatic heterocycles. The molecule has 1 aromatic carbocycles. The molecular formula is C18H24FN5S. The highest BCUT2D eigenvalue weighted by atomic mass is 32.1. The van der Waals surface area contributed by atoms with Crippen molar-refractivity contribution in [3.8, 4) is 0 Å². The summed E-state index contributed by atoms with van der Waals surface area (Å²) in [5.41, 5.74) is 1.76. The largest absolute Gasteiger partial charge is 0.366 e. The summed E-state index contributed by atoms with van der Waals surface area (Å²) in [5.74, 6) is 0.730. The number of aliphatic imine (C=N–C) groups is 1. The Kier molecular flexibility index (Phi) is 5.53. The van der Waals surface area contributed by atoms with Crippen molar-refractivity contribution in [2.75, 3.05) is 38.1 Å². The Morgan fingerprint density at radius 1 is 1.24 bits per heavy atom. The maximum Gasteiger partial charge on any atom is 0.194 e. The molecule has 1 aliphatic rings. The van der Waals surface area contributed by atoms with E-state index in [1.165, 1.54) is 10.9 Å². The fourth-order valence-corrected chi connectivity index (χ4v) is 3.97. The highest BCUT2D eigenvalue weighted by Gasteiger charge is 2.21. The summed E-state index contributed by atoms with van der Waals surface area (Å²) < 4.78 is 13.9.